The third-order valence-electron chi connectivity index (χ3n) is 4.18. The van der Waals surface area contributed by atoms with Gasteiger partial charge in [-0.15, -0.1) is 0 Å². The first-order chi connectivity index (χ1) is 10.0. The number of nitrogens with zero attached hydrogens (tertiary/aromatic N) is 2. The van der Waals surface area contributed by atoms with Crippen LogP contribution in [0.25, 0.3) is 0 Å². The summed E-state index contributed by atoms with van der Waals surface area (Å²) in [5.41, 5.74) is 1.51. The van der Waals surface area contributed by atoms with Gasteiger partial charge in [0.1, 0.15) is 11.6 Å². The molecular formula is C15H18N3O3+. The third-order valence-corrected chi connectivity index (χ3v) is 4.18. The molecule has 0 saturated carbocycles. The highest BCUT2D eigenvalue weighted by atomic mass is 16.3. The maximum atomic E-state index is 12.4. The summed E-state index contributed by atoms with van der Waals surface area (Å²) in [4.78, 5) is 24.3. The molecule has 0 aliphatic carbocycles. The van der Waals surface area contributed by atoms with E-state index in [1.54, 1.807) is 0 Å². The maximum Gasteiger partial charge on any atom is 0.333 e. The third kappa shape index (κ3) is 1.99. The molecule has 21 heavy (non-hydrogen) atoms. The van der Waals surface area contributed by atoms with Gasteiger partial charge in [-0.2, -0.15) is 0 Å². The highest BCUT2D eigenvalue weighted by molar-refractivity contribution is 5.39. The average molecular weight is 288 g/mol. The van der Waals surface area contributed by atoms with E-state index in [1.807, 2.05) is 29.6 Å². The lowest BCUT2D eigenvalue weighted by atomic mass is 9.90. The van der Waals surface area contributed by atoms with E-state index in [1.165, 1.54) is 19.7 Å². The largest absolute Gasteiger partial charge is 0.494 e. The van der Waals surface area contributed by atoms with Gasteiger partial charge >= 0.3 is 5.69 Å². The zero-order chi connectivity index (χ0) is 15.1. The molecule has 0 fully saturated rings. The highest BCUT2D eigenvalue weighted by Gasteiger charge is 2.31. The van der Waals surface area contributed by atoms with Crippen molar-refractivity contribution in [3.05, 3.63) is 61.8 Å². The topological polar surface area (TPSA) is 80.8 Å². The van der Waals surface area contributed by atoms with E-state index in [9.17, 15) is 14.7 Å². The second kappa shape index (κ2) is 4.89. The number of benzene rings is 1. The standard InChI is InChI=1S/C15H17N3O3/c1-17-13(19)11(14(20)18(2)15(17)21)12-10-6-4-3-5-9(10)7-8-16-12/h3-6,12,16,19H,7-8H2,1-2H3/p+1/t12-/m0/s1. The molecule has 0 spiro atoms. The fourth-order valence-corrected chi connectivity index (χ4v) is 3.00. The van der Waals surface area contributed by atoms with Crippen LogP contribution in [0.5, 0.6) is 5.88 Å². The Bertz CT molecular complexity index is 820. The minimum atomic E-state index is -0.523. The molecule has 0 saturated heterocycles. The number of hydrogen-bond donors (Lipinski definition) is 2. The Morgan fingerprint density at radius 2 is 1.90 bits per heavy atom. The Labute approximate surface area is 121 Å². The Morgan fingerprint density at radius 1 is 1.19 bits per heavy atom. The Morgan fingerprint density at radius 3 is 2.67 bits per heavy atom. The summed E-state index contributed by atoms with van der Waals surface area (Å²) in [6.07, 6.45) is 0.930. The van der Waals surface area contributed by atoms with Crippen molar-refractivity contribution in [2.75, 3.05) is 6.54 Å². The number of nitrogens with two attached hydrogens (primary N) is 1. The first-order valence-corrected chi connectivity index (χ1v) is 6.92. The lowest BCUT2D eigenvalue weighted by Crippen LogP contribution is -2.88. The average Bonchev–Trinajstić information content (AvgIpc) is 2.51. The van der Waals surface area contributed by atoms with Gasteiger partial charge in [-0.25, -0.2) is 4.79 Å². The predicted molar refractivity (Wildman–Crippen MR) is 77.4 cm³/mol. The van der Waals surface area contributed by atoms with Crippen molar-refractivity contribution < 1.29 is 10.4 Å². The number of rotatable bonds is 1. The summed E-state index contributed by atoms with van der Waals surface area (Å²) in [6, 6.07) is 7.63. The molecule has 1 aliphatic rings. The molecule has 6 heteroatoms. The van der Waals surface area contributed by atoms with E-state index in [-0.39, 0.29) is 17.5 Å². The van der Waals surface area contributed by atoms with Crippen LogP contribution in [0.4, 0.5) is 0 Å². The second-order valence-electron chi connectivity index (χ2n) is 5.39. The molecule has 0 radical (unpaired) electrons. The lowest BCUT2D eigenvalue weighted by molar-refractivity contribution is -0.690. The predicted octanol–water partition coefficient (Wildman–Crippen LogP) is -1.00. The molecule has 6 nitrogen and oxygen atoms in total. The van der Waals surface area contributed by atoms with Crippen LogP contribution >= 0.6 is 0 Å². The van der Waals surface area contributed by atoms with Crippen molar-refractivity contribution in [1.82, 2.24) is 9.13 Å². The minimum absolute atomic E-state index is 0.249. The van der Waals surface area contributed by atoms with Gasteiger partial charge in [0, 0.05) is 26.1 Å². The zero-order valence-electron chi connectivity index (χ0n) is 12.0. The maximum absolute atomic E-state index is 12.4. The van der Waals surface area contributed by atoms with Crippen LogP contribution < -0.4 is 16.6 Å². The van der Waals surface area contributed by atoms with Gasteiger partial charge in [0.25, 0.3) is 5.56 Å². The van der Waals surface area contributed by atoms with Crippen molar-refractivity contribution in [1.29, 1.82) is 0 Å². The van der Waals surface area contributed by atoms with Crippen LogP contribution in [-0.4, -0.2) is 20.8 Å². The Kier molecular flexibility index (Phi) is 3.17. The van der Waals surface area contributed by atoms with E-state index in [2.05, 4.69) is 0 Å². The molecule has 0 bridgehead atoms. The van der Waals surface area contributed by atoms with Crippen LogP contribution in [0, 0.1) is 0 Å². The van der Waals surface area contributed by atoms with Gasteiger partial charge in [0.15, 0.2) is 0 Å². The molecule has 2 heterocycles. The van der Waals surface area contributed by atoms with Gasteiger partial charge in [0.05, 0.1) is 6.54 Å². The van der Waals surface area contributed by atoms with Gasteiger partial charge in [0.2, 0.25) is 5.88 Å². The minimum Gasteiger partial charge on any atom is -0.494 e. The van der Waals surface area contributed by atoms with Crippen LogP contribution in [0.1, 0.15) is 22.7 Å². The monoisotopic (exact) mass is 288 g/mol. The number of hydrogen-bond acceptors (Lipinski definition) is 3. The lowest BCUT2D eigenvalue weighted by Gasteiger charge is -2.24. The van der Waals surface area contributed by atoms with Crippen molar-refractivity contribution in [2.45, 2.75) is 12.5 Å². The van der Waals surface area contributed by atoms with Crippen LogP contribution in [0.2, 0.25) is 0 Å². The summed E-state index contributed by atoms with van der Waals surface area (Å²) in [6.45, 7) is 0.840. The molecule has 1 aliphatic heterocycles. The van der Waals surface area contributed by atoms with Crippen LogP contribution in [0.3, 0.4) is 0 Å². The normalized spacial score (nSPS) is 17.5. The first-order valence-electron chi connectivity index (χ1n) is 6.92. The van der Waals surface area contributed by atoms with E-state index in [4.69, 9.17) is 0 Å². The molecule has 2 aromatic rings. The summed E-state index contributed by atoms with van der Waals surface area (Å²) >= 11 is 0. The van der Waals surface area contributed by atoms with Crippen molar-refractivity contribution >= 4 is 0 Å². The molecule has 0 unspecified atom stereocenters. The van der Waals surface area contributed by atoms with Gasteiger partial charge in [-0.05, 0) is 5.56 Å². The number of aromatic nitrogens is 2. The zero-order valence-corrected chi connectivity index (χ0v) is 12.0. The Balaban J connectivity index is 2.29. The molecule has 1 aromatic heterocycles. The summed E-state index contributed by atoms with van der Waals surface area (Å²) in [5, 5.41) is 12.3. The molecule has 3 N–H and O–H groups in total. The molecule has 110 valence electrons. The fourth-order valence-electron chi connectivity index (χ4n) is 3.00. The molecular weight excluding hydrogens is 270 g/mol. The summed E-state index contributed by atoms with van der Waals surface area (Å²) in [7, 11) is 2.90. The van der Waals surface area contributed by atoms with Gasteiger partial charge < -0.3 is 10.4 Å². The molecule has 3 rings (SSSR count). The molecule has 0 amide bonds. The Hall–Kier alpha value is -2.34. The smallest absolute Gasteiger partial charge is 0.333 e. The number of aromatic hydroxyl groups is 1. The summed E-state index contributed by atoms with van der Waals surface area (Å²) < 4.78 is 2.15. The second-order valence-corrected chi connectivity index (χ2v) is 5.39. The van der Waals surface area contributed by atoms with E-state index >= 15 is 0 Å². The van der Waals surface area contributed by atoms with Gasteiger partial charge in [-0.3, -0.25) is 13.9 Å². The van der Waals surface area contributed by atoms with Crippen LogP contribution in [-0.2, 0) is 20.5 Å². The SMILES string of the molecule is Cn1c(O)c([C@H]2[NH2+]CCc3ccccc32)c(=O)n(C)c1=O. The van der Waals surface area contributed by atoms with E-state index < -0.39 is 11.2 Å². The quantitative estimate of drug-likeness (QED) is 0.706. The van der Waals surface area contributed by atoms with Crippen LogP contribution in [0.15, 0.2) is 33.9 Å². The fraction of sp³-hybridized carbons (Fsp3) is 0.333. The van der Waals surface area contributed by atoms with Crippen molar-refractivity contribution in [3.63, 3.8) is 0 Å². The van der Waals surface area contributed by atoms with E-state index in [0.29, 0.717) is 0 Å². The van der Waals surface area contributed by atoms with Crippen molar-refractivity contribution in [2.24, 2.45) is 14.1 Å². The number of quaternary nitrogens is 1. The van der Waals surface area contributed by atoms with E-state index in [0.717, 1.165) is 27.7 Å². The number of fused-ring (bicyclic) bond motifs is 1. The molecule has 1 atom stereocenters. The highest BCUT2D eigenvalue weighted by Crippen LogP contribution is 2.26. The molecule has 1 aromatic carbocycles. The van der Waals surface area contributed by atoms with Crippen molar-refractivity contribution in [3.8, 4) is 5.88 Å². The van der Waals surface area contributed by atoms with Gasteiger partial charge in [-0.1, -0.05) is 24.3 Å². The summed E-state index contributed by atoms with van der Waals surface area (Å²) in [5.74, 6) is -0.249. The first kappa shape index (κ1) is 13.6.